The molecule has 14 nitrogen and oxygen atoms in total. The molecule has 12 N–H and O–H groups in total. The number of alkyl halides is 6. The number of nitrogens with zero attached hydrogens (tertiary/aromatic N) is 2. The number of anilines is 3. The van der Waals surface area contributed by atoms with Crippen molar-refractivity contribution in [3.63, 3.8) is 0 Å². The van der Waals surface area contributed by atoms with Crippen LogP contribution in [0.2, 0.25) is 0 Å². The largest absolute Gasteiger partial charge is 0.485 e. The van der Waals surface area contributed by atoms with Crippen molar-refractivity contribution in [2.45, 2.75) is 44.1 Å². The van der Waals surface area contributed by atoms with Gasteiger partial charge in [0.25, 0.3) is 0 Å². The van der Waals surface area contributed by atoms with E-state index < -0.39 is 53.2 Å². The van der Waals surface area contributed by atoms with E-state index in [9.17, 15) is 35.9 Å². The molecule has 0 aliphatic carbocycles. The van der Waals surface area contributed by atoms with E-state index in [2.05, 4.69) is 31.3 Å². The standard InChI is InChI=1S/C32H36F6N10O4/c33-31(34,35)17-10-20(45-29(41)42)15-23(11-17)51-21-5-3-4-19(14-21)46-30(50)48-25-13-18(32(36,37)38)12-24(27(25)52-22-7-9-43-16-22)47-26(49)6-1-2-8-44-28(39)40/h3-5,10-15,22,43H,1-2,6-9,16H2,(H,47,49)(H4,39,40,44)(H4,41,42,45)(H2,46,48,50)/t22-/m1/s1. The van der Waals surface area contributed by atoms with Gasteiger partial charge in [0.1, 0.15) is 17.6 Å². The first kappa shape index (κ1) is 38.9. The fourth-order valence-electron chi connectivity index (χ4n) is 4.90. The van der Waals surface area contributed by atoms with Crippen molar-refractivity contribution in [1.82, 2.24) is 5.32 Å². The summed E-state index contributed by atoms with van der Waals surface area (Å²) >= 11 is 0. The first-order valence-electron chi connectivity index (χ1n) is 15.6. The number of urea groups is 1. The summed E-state index contributed by atoms with van der Waals surface area (Å²) in [7, 11) is 0. The molecule has 20 heteroatoms. The fourth-order valence-corrected chi connectivity index (χ4v) is 4.90. The van der Waals surface area contributed by atoms with Crippen LogP contribution in [0.5, 0.6) is 17.2 Å². The molecule has 0 radical (unpaired) electrons. The molecule has 0 aromatic heterocycles. The molecule has 1 atom stereocenters. The molecule has 1 aliphatic rings. The van der Waals surface area contributed by atoms with Gasteiger partial charge >= 0.3 is 18.4 Å². The minimum atomic E-state index is -4.88. The van der Waals surface area contributed by atoms with E-state index in [0.717, 1.165) is 18.2 Å². The molecule has 1 fully saturated rings. The van der Waals surface area contributed by atoms with Crippen molar-refractivity contribution in [2.75, 3.05) is 35.6 Å². The Morgan fingerprint density at radius 2 is 1.52 bits per heavy atom. The van der Waals surface area contributed by atoms with Crippen molar-refractivity contribution < 1.29 is 45.4 Å². The van der Waals surface area contributed by atoms with Crippen LogP contribution in [0.3, 0.4) is 0 Å². The summed E-state index contributed by atoms with van der Waals surface area (Å²) in [6, 6.07) is 8.41. The van der Waals surface area contributed by atoms with E-state index in [0.29, 0.717) is 44.5 Å². The predicted molar refractivity (Wildman–Crippen MR) is 183 cm³/mol. The van der Waals surface area contributed by atoms with Crippen LogP contribution in [0.1, 0.15) is 36.8 Å². The zero-order valence-electron chi connectivity index (χ0n) is 27.3. The summed E-state index contributed by atoms with van der Waals surface area (Å²) in [5.41, 5.74) is 18.0. The predicted octanol–water partition coefficient (Wildman–Crippen LogP) is 5.19. The highest BCUT2D eigenvalue weighted by Gasteiger charge is 2.34. The highest BCUT2D eigenvalue weighted by atomic mass is 19.4. The van der Waals surface area contributed by atoms with E-state index in [1.165, 1.54) is 24.3 Å². The molecule has 3 aromatic rings. The van der Waals surface area contributed by atoms with E-state index in [4.69, 9.17) is 32.4 Å². The second-order valence-corrected chi connectivity index (χ2v) is 11.4. The SMILES string of the molecule is NC(N)=NCCCCC(=O)Nc1cc(C(F)(F)F)cc(NC(=O)Nc2cccc(Oc3cc(N=C(N)N)cc(C(F)(F)F)c3)c2)c1O[C@@H]1CCNC1. The lowest BCUT2D eigenvalue weighted by Gasteiger charge is -2.22. The fraction of sp³-hybridized carbons (Fsp3) is 0.312. The second-order valence-electron chi connectivity index (χ2n) is 11.4. The quantitative estimate of drug-likeness (QED) is 0.0499. The Labute approximate surface area is 293 Å². The lowest BCUT2D eigenvalue weighted by molar-refractivity contribution is -0.138. The van der Waals surface area contributed by atoms with E-state index >= 15 is 0 Å². The van der Waals surface area contributed by atoms with Gasteiger partial charge in [-0.05, 0) is 62.2 Å². The number of hydrogen-bond acceptors (Lipinski definition) is 7. The van der Waals surface area contributed by atoms with Crippen molar-refractivity contribution >= 4 is 46.6 Å². The highest BCUT2D eigenvalue weighted by Crippen LogP contribution is 2.42. The van der Waals surface area contributed by atoms with Gasteiger partial charge in [-0.3, -0.25) is 9.79 Å². The van der Waals surface area contributed by atoms with Gasteiger partial charge in [-0.15, -0.1) is 0 Å². The third-order valence-electron chi connectivity index (χ3n) is 7.15. The first-order chi connectivity index (χ1) is 24.5. The van der Waals surface area contributed by atoms with E-state index in [-0.39, 0.29) is 53.2 Å². The molecule has 0 spiro atoms. The van der Waals surface area contributed by atoms with Crippen molar-refractivity contribution in [3.8, 4) is 17.2 Å². The van der Waals surface area contributed by atoms with Crippen LogP contribution in [0.15, 0.2) is 64.6 Å². The maximum Gasteiger partial charge on any atom is 0.416 e. The molecule has 3 aromatic carbocycles. The van der Waals surface area contributed by atoms with Gasteiger partial charge in [-0.1, -0.05) is 6.07 Å². The smallest absolute Gasteiger partial charge is 0.416 e. The van der Waals surface area contributed by atoms with Gasteiger partial charge in [0.05, 0.1) is 28.2 Å². The molecule has 1 aliphatic heterocycles. The number of aliphatic imine (C=N–C) groups is 2. The molecule has 1 heterocycles. The Balaban J connectivity index is 1.58. The minimum absolute atomic E-state index is 0.0205. The first-order valence-corrected chi connectivity index (χ1v) is 15.6. The molecule has 0 bridgehead atoms. The molecule has 1 saturated heterocycles. The number of hydrogen-bond donors (Lipinski definition) is 8. The maximum absolute atomic E-state index is 14.0. The zero-order chi connectivity index (χ0) is 38.1. The molecular formula is C32H36F6N10O4. The van der Waals surface area contributed by atoms with E-state index in [1.54, 1.807) is 0 Å². The van der Waals surface area contributed by atoms with Crippen LogP contribution in [0.4, 0.5) is 53.9 Å². The van der Waals surface area contributed by atoms with Gasteiger partial charge in [-0.2, -0.15) is 26.3 Å². The van der Waals surface area contributed by atoms with Gasteiger partial charge < -0.3 is 53.7 Å². The van der Waals surface area contributed by atoms with Crippen molar-refractivity contribution in [2.24, 2.45) is 32.9 Å². The van der Waals surface area contributed by atoms with Crippen LogP contribution in [-0.2, 0) is 17.1 Å². The Morgan fingerprint density at radius 3 is 2.15 bits per heavy atom. The number of halogens is 6. The molecular weight excluding hydrogens is 702 g/mol. The van der Waals surface area contributed by atoms with Crippen LogP contribution in [0.25, 0.3) is 0 Å². The molecule has 3 amide bonds. The Bertz CT molecular complexity index is 1800. The summed E-state index contributed by atoms with van der Waals surface area (Å²) in [5, 5.41) is 10.3. The number of carbonyl (C=O) groups excluding carboxylic acids is 2. The summed E-state index contributed by atoms with van der Waals surface area (Å²) in [6.07, 6.45) is -8.94. The monoisotopic (exact) mass is 738 g/mol. The van der Waals surface area contributed by atoms with Gasteiger partial charge in [-0.25, -0.2) is 9.79 Å². The zero-order valence-corrected chi connectivity index (χ0v) is 27.3. The number of ether oxygens (including phenoxy) is 2. The van der Waals surface area contributed by atoms with E-state index in [1.807, 2.05) is 0 Å². The highest BCUT2D eigenvalue weighted by molar-refractivity contribution is 6.03. The average Bonchev–Trinajstić information content (AvgIpc) is 3.54. The summed E-state index contributed by atoms with van der Waals surface area (Å²) in [6.45, 7) is 1.18. The number of nitrogens with one attached hydrogen (secondary N) is 4. The second kappa shape index (κ2) is 16.9. The third-order valence-corrected chi connectivity index (χ3v) is 7.15. The number of guanidine groups is 2. The Morgan fingerprint density at radius 1 is 0.827 bits per heavy atom. The number of unbranched alkanes of at least 4 members (excludes halogenated alkanes) is 1. The Kier molecular flexibility index (Phi) is 12.6. The van der Waals surface area contributed by atoms with Crippen LogP contribution >= 0.6 is 0 Å². The average molecular weight is 739 g/mol. The summed E-state index contributed by atoms with van der Waals surface area (Å²) in [4.78, 5) is 33.5. The van der Waals surface area contributed by atoms with Crippen molar-refractivity contribution in [3.05, 3.63) is 65.7 Å². The molecule has 4 rings (SSSR count). The lowest BCUT2D eigenvalue weighted by Crippen LogP contribution is -2.25. The molecule has 0 unspecified atom stereocenters. The van der Waals surface area contributed by atoms with Gasteiger partial charge in [0, 0.05) is 37.3 Å². The van der Waals surface area contributed by atoms with Crippen LogP contribution < -0.4 is 53.7 Å². The maximum atomic E-state index is 14.0. The Hall–Kier alpha value is -5.92. The lowest BCUT2D eigenvalue weighted by atomic mass is 10.1. The molecule has 280 valence electrons. The molecule has 52 heavy (non-hydrogen) atoms. The summed E-state index contributed by atoms with van der Waals surface area (Å²) < 4.78 is 94.2. The topological polar surface area (TPSA) is 230 Å². The van der Waals surface area contributed by atoms with Gasteiger partial charge in [0.15, 0.2) is 17.7 Å². The number of nitrogens with two attached hydrogens (primary N) is 4. The minimum Gasteiger partial charge on any atom is -0.485 e. The van der Waals surface area contributed by atoms with Crippen LogP contribution in [-0.4, -0.2) is 49.6 Å². The number of rotatable bonds is 13. The van der Waals surface area contributed by atoms with Crippen molar-refractivity contribution in [1.29, 1.82) is 0 Å². The number of amides is 3. The van der Waals surface area contributed by atoms with Crippen LogP contribution in [0, 0.1) is 0 Å². The number of benzene rings is 3. The van der Waals surface area contributed by atoms with Gasteiger partial charge in [0.2, 0.25) is 5.91 Å². The number of carbonyl (C=O) groups is 2. The third kappa shape index (κ3) is 11.9. The normalized spacial score (nSPS) is 14.2. The molecule has 0 saturated carbocycles. The summed E-state index contributed by atoms with van der Waals surface area (Å²) in [5.74, 6) is -1.72.